The fraction of sp³-hybridized carbons (Fsp3) is 0.556. The normalized spacial score (nSPS) is 15.0. The van der Waals surface area contributed by atoms with Crippen LogP contribution in [0.15, 0.2) is 24.3 Å². The van der Waals surface area contributed by atoms with Crippen LogP contribution in [0.4, 0.5) is 4.79 Å². The number of urea groups is 1. The van der Waals surface area contributed by atoms with E-state index in [0.717, 1.165) is 17.7 Å². The number of hydrogen-bond acceptors (Lipinski definition) is 4. The number of hydrogen-bond donors (Lipinski definition) is 1. The third-order valence-electron chi connectivity index (χ3n) is 4.23. The third kappa shape index (κ3) is 5.15. The predicted molar refractivity (Wildman–Crippen MR) is 91.0 cm³/mol. The van der Waals surface area contributed by atoms with Gasteiger partial charge in [0.15, 0.2) is 0 Å². The minimum atomic E-state index is -0.143. The molecular formula is C18H26N2O4. The molecule has 132 valence electrons. The van der Waals surface area contributed by atoms with E-state index in [1.165, 1.54) is 0 Å². The first-order chi connectivity index (χ1) is 11.6. The van der Waals surface area contributed by atoms with Crippen molar-refractivity contribution in [3.63, 3.8) is 0 Å². The molecule has 1 aromatic carbocycles. The Morgan fingerprint density at radius 3 is 2.71 bits per heavy atom. The summed E-state index contributed by atoms with van der Waals surface area (Å²) in [5.74, 6) is 0.598. The average Bonchev–Trinajstić information content (AvgIpc) is 2.62. The summed E-state index contributed by atoms with van der Waals surface area (Å²) < 4.78 is 10.2. The minimum Gasteiger partial charge on any atom is -0.497 e. The molecule has 1 saturated heterocycles. The first kappa shape index (κ1) is 18.1. The Labute approximate surface area is 143 Å². The molecule has 0 aromatic heterocycles. The van der Waals surface area contributed by atoms with Crippen molar-refractivity contribution in [3.8, 4) is 5.75 Å². The predicted octanol–water partition coefficient (Wildman–Crippen LogP) is 2.22. The molecule has 0 unspecified atom stereocenters. The molecule has 1 fully saturated rings. The summed E-state index contributed by atoms with van der Waals surface area (Å²) in [5.41, 5.74) is 1.12. The first-order valence-corrected chi connectivity index (χ1v) is 8.46. The van der Waals surface area contributed by atoms with Gasteiger partial charge in [-0.1, -0.05) is 12.1 Å². The zero-order valence-electron chi connectivity index (χ0n) is 14.4. The van der Waals surface area contributed by atoms with Crippen LogP contribution in [-0.2, 0) is 16.0 Å². The van der Waals surface area contributed by atoms with Crippen LogP contribution in [0.5, 0.6) is 5.75 Å². The van der Waals surface area contributed by atoms with Gasteiger partial charge in [0.25, 0.3) is 0 Å². The van der Waals surface area contributed by atoms with Crippen molar-refractivity contribution in [2.24, 2.45) is 5.92 Å². The van der Waals surface area contributed by atoms with E-state index in [-0.39, 0.29) is 17.9 Å². The van der Waals surface area contributed by atoms with Crippen molar-refractivity contribution >= 4 is 12.0 Å². The quantitative estimate of drug-likeness (QED) is 0.810. The van der Waals surface area contributed by atoms with Gasteiger partial charge in [-0.3, -0.25) is 4.79 Å². The third-order valence-corrected chi connectivity index (χ3v) is 4.23. The molecule has 2 rings (SSSR count). The number of methoxy groups -OCH3 is 1. The lowest BCUT2D eigenvalue weighted by atomic mass is 9.97. The maximum absolute atomic E-state index is 12.2. The summed E-state index contributed by atoms with van der Waals surface area (Å²) in [7, 11) is 1.64. The van der Waals surface area contributed by atoms with Crippen molar-refractivity contribution in [1.29, 1.82) is 0 Å². The summed E-state index contributed by atoms with van der Waals surface area (Å²) in [4.78, 5) is 25.7. The maximum atomic E-state index is 12.2. The summed E-state index contributed by atoms with van der Waals surface area (Å²) in [6.45, 7) is 3.97. The minimum absolute atomic E-state index is 0.0693. The Morgan fingerprint density at radius 1 is 1.29 bits per heavy atom. The lowest BCUT2D eigenvalue weighted by molar-refractivity contribution is -0.149. The maximum Gasteiger partial charge on any atom is 0.317 e. The molecule has 1 aliphatic heterocycles. The highest BCUT2D eigenvalue weighted by Crippen LogP contribution is 2.18. The number of benzene rings is 1. The van der Waals surface area contributed by atoms with Crippen LogP contribution in [-0.4, -0.2) is 50.3 Å². The number of ether oxygens (including phenoxy) is 2. The topological polar surface area (TPSA) is 67.9 Å². The van der Waals surface area contributed by atoms with Crippen molar-refractivity contribution in [3.05, 3.63) is 29.8 Å². The molecule has 6 heteroatoms. The van der Waals surface area contributed by atoms with Gasteiger partial charge in [-0.25, -0.2) is 4.79 Å². The molecule has 6 nitrogen and oxygen atoms in total. The van der Waals surface area contributed by atoms with Crippen LogP contribution in [0.3, 0.4) is 0 Å². The molecule has 0 bridgehead atoms. The SMILES string of the molecule is CCOC(=O)C1CCN(C(=O)NCCc2cccc(OC)c2)CC1. The standard InChI is InChI=1S/C18H26N2O4/c1-3-24-17(21)15-8-11-20(12-9-15)18(22)19-10-7-14-5-4-6-16(13-14)23-2/h4-6,13,15H,3,7-12H2,1-2H3,(H,19,22). The lowest BCUT2D eigenvalue weighted by Crippen LogP contribution is -2.46. The fourth-order valence-corrected chi connectivity index (χ4v) is 2.83. The van der Waals surface area contributed by atoms with Gasteiger partial charge in [0.2, 0.25) is 0 Å². The Kier molecular flexibility index (Phi) is 6.90. The number of nitrogens with one attached hydrogen (secondary N) is 1. The zero-order chi connectivity index (χ0) is 17.4. The molecule has 2 amide bonds. The molecule has 0 radical (unpaired) electrons. The number of carbonyl (C=O) groups is 2. The second-order valence-electron chi connectivity index (χ2n) is 5.85. The van der Waals surface area contributed by atoms with Gasteiger partial charge in [-0.2, -0.15) is 0 Å². The summed E-state index contributed by atoms with van der Waals surface area (Å²) in [6, 6.07) is 7.75. The summed E-state index contributed by atoms with van der Waals surface area (Å²) in [6.07, 6.45) is 2.09. The molecule has 0 aliphatic carbocycles. The van der Waals surface area contributed by atoms with E-state index >= 15 is 0 Å². The molecular weight excluding hydrogens is 308 g/mol. The van der Waals surface area contributed by atoms with Crippen LogP contribution in [0.2, 0.25) is 0 Å². The lowest BCUT2D eigenvalue weighted by Gasteiger charge is -2.30. The van der Waals surface area contributed by atoms with Gasteiger partial charge < -0.3 is 19.7 Å². The van der Waals surface area contributed by atoms with Crippen LogP contribution < -0.4 is 10.1 Å². The number of likely N-dealkylation sites (tertiary alicyclic amines) is 1. The Hall–Kier alpha value is -2.24. The first-order valence-electron chi connectivity index (χ1n) is 8.46. The van der Waals surface area contributed by atoms with Crippen LogP contribution in [0.25, 0.3) is 0 Å². The molecule has 1 heterocycles. The highest BCUT2D eigenvalue weighted by atomic mass is 16.5. The van der Waals surface area contributed by atoms with Crippen molar-refractivity contribution in [1.82, 2.24) is 10.2 Å². The van der Waals surface area contributed by atoms with Gasteiger partial charge in [-0.05, 0) is 43.9 Å². The Morgan fingerprint density at radius 2 is 2.04 bits per heavy atom. The van der Waals surface area contributed by atoms with E-state index in [0.29, 0.717) is 39.1 Å². The number of piperidine rings is 1. The monoisotopic (exact) mass is 334 g/mol. The van der Waals surface area contributed by atoms with E-state index in [2.05, 4.69) is 5.32 Å². The van der Waals surface area contributed by atoms with E-state index in [9.17, 15) is 9.59 Å². The zero-order valence-corrected chi connectivity index (χ0v) is 14.4. The molecule has 0 atom stereocenters. The average molecular weight is 334 g/mol. The highest BCUT2D eigenvalue weighted by molar-refractivity contribution is 5.76. The molecule has 0 saturated carbocycles. The smallest absolute Gasteiger partial charge is 0.317 e. The number of nitrogens with zero attached hydrogens (tertiary/aromatic N) is 1. The molecule has 24 heavy (non-hydrogen) atoms. The fourth-order valence-electron chi connectivity index (χ4n) is 2.83. The van der Waals surface area contributed by atoms with Crippen molar-refractivity contribution in [2.75, 3.05) is 33.4 Å². The second kappa shape index (κ2) is 9.15. The van der Waals surface area contributed by atoms with Gasteiger partial charge in [0.1, 0.15) is 5.75 Å². The van der Waals surface area contributed by atoms with Crippen molar-refractivity contribution < 1.29 is 19.1 Å². The second-order valence-corrected chi connectivity index (χ2v) is 5.85. The number of carbonyl (C=O) groups excluding carboxylic acids is 2. The Bertz CT molecular complexity index is 554. The molecule has 1 aliphatic rings. The van der Waals surface area contributed by atoms with Gasteiger partial charge in [0, 0.05) is 19.6 Å². The van der Waals surface area contributed by atoms with Crippen LogP contribution >= 0.6 is 0 Å². The molecule has 0 spiro atoms. The van der Waals surface area contributed by atoms with E-state index < -0.39 is 0 Å². The van der Waals surface area contributed by atoms with E-state index in [1.807, 2.05) is 31.2 Å². The summed E-state index contributed by atoms with van der Waals surface area (Å²) in [5, 5.41) is 2.94. The molecule has 1 aromatic rings. The van der Waals surface area contributed by atoms with Crippen LogP contribution in [0, 0.1) is 5.92 Å². The van der Waals surface area contributed by atoms with E-state index in [1.54, 1.807) is 12.0 Å². The van der Waals surface area contributed by atoms with Gasteiger partial charge in [-0.15, -0.1) is 0 Å². The number of esters is 1. The van der Waals surface area contributed by atoms with Crippen LogP contribution in [0.1, 0.15) is 25.3 Å². The largest absolute Gasteiger partial charge is 0.497 e. The molecule has 1 N–H and O–H groups in total. The number of amides is 2. The summed E-state index contributed by atoms with van der Waals surface area (Å²) >= 11 is 0. The number of rotatable bonds is 6. The Balaban J connectivity index is 1.71. The van der Waals surface area contributed by atoms with Crippen molar-refractivity contribution in [2.45, 2.75) is 26.2 Å². The highest BCUT2D eigenvalue weighted by Gasteiger charge is 2.27. The van der Waals surface area contributed by atoms with E-state index in [4.69, 9.17) is 9.47 Å². The van der Waals surface area contributed by atoms with Gasteiger partial charge >= 0.3 is 12.0 Å². The van der Waals surface area contributed by atoms with Gasteiger partial charge in [0.05, 0.1) is 19.6 Å².